The van der Waals surface area contributed by atoms with Gasteiger partial charge < -0.3 is 20.3 Å². The number of ketones is 1. The summed E-state index contributed by atoms with van der Waals surface area (Å²) in [7, 11) is 0. The molecule has 0 saturated heterocycles. The number of hydrogen-bond acceptors (Lipinski definition) is 9. The number of aryl methyl sites for hydroxylation is 1. The minimum atomic E-state index is -0.831. The molecule has 278 valence electrons. The number of anilines is 1. The molecule has 0 radical (unpaired) electrons. The maximum absolute atomic E-state index is 13.7. The van der Waals surface area contributed by atoms with Crippen molar-refractivity contribution in [1.82, 2.24) is 15.3 Å². The highest BCUT2D eigenvalue weighted by Crippen LogP contribution is 2.43. The summed E-state index contributed by atoms with van der Waals surface area (Å²) in [5.74, 6) is -0.0173. The van der Waals surface area contributed by atoms with Gasteiger partial charge in [0, 0.05) is 37.7 Å². The monoisotopic (exact) mass is 718 g/mol. The van der Waals surface area contributed by atoms with Gasteiger partial charge in [-0.3, -0.25) is 29.7 Å². The molecule has 6 rings (SSSR count). The van der Waals surface area contributed by atoms with E-state index >= 15 is 0 Å². The van der Waals surface area contributed by atoms with Crippen LogP contribution in [0.4, 0.5) is 5.69 Å². The van der Waals surface area contributed by atoms with Crippen LogP contribution in [-0.2, 0) is 28.9 Å². The number of Topliss-reactive ketones (excluding diaryl/α,β-unsaturated/α-hetero) is 1. The molecule has 2 aliphatic carbocycles. The third kappa shape index (κ3) is 9.25. The van der Waals surface area contributed by atoms with E-state index in [0.29, 0.717) is 35.5 Å². The Balaban J connectivity index is 1.16. The number of carbonyl (C=O) groups excluding carboxylic acids is 3. The molecule has 2 aromatic carbocycles. The van der Waals surface area contributed by atoms with E-state index < -0.39 is 12.0 Å². The number of hydrogen-bond donors (Lipinski definition) is 4. The van der Waals surface area contributed by atoms with Crippen molar-refractivity contribution >= 4 is 23.3 Å². The molecule has 2 aromatic heterocycles. The Morgan fingerprint density at radius 1 is 0.830 bits per heavy atom. The van der Waals surface area contributed by atoms with Gasteiger partial charge in [0.2, 0.25) is 0 Å². The zero-order valence-corrected chi connectivity index (χ0v) is 30.9. The second-order valence-corrected chi connectivity index (χ2v) is 14.3. The Morgan fingerprint density at radius 3 is 2.15 bits per heavy atom. The van der Waals surface area contributed by atoms with Crippen molar-refractivity contribution in [2.75, 3.05) is 25.1 Å². The molecule has 4 N–H and O–H groups in total. The largest absolute Gasteiger partial charge is 0.465 e. The number of nitrogens with one attached hydrogen (secondary N) is 2. The van der Waals surface area contributed by atoms with Crippen molar-refractivity contribution in [2.24, 2.45) is 0 Å². The maximum Gasteiger partial charge on any atom is 0.325 e. The van der Waals surface area contributed by atoms with Gasteiger partial charge in [0.15, 0.2) is 5.78 Å². The smallest absolute Gasteiger partial charge is 0.325 e. The van der Waals surface area contributed by atoms with E-state index in [4.69, 9.17) is 4.74 Å². The molecule has 2 saturated carbocycles. The third-order valence-corrected chi connectivity index (χ3v) is 10.4. The van der Waals surface area contributed by atoms with Gasteiger partial charge in [-0.05, 0) is 146 Å². The van der Waals surface area contributed by atoms with Crippen molar-refractivity contribution < 1.29 is 29.3 Å². The number of esters is 1. The summed E-state index contributed by atoms with van der Waals surface area (Å²) in [6.45, 7) is 6.10. The molecule has 0 bridgehead atoms. The van der Waals surface area contributed by atoms with Crippen LogP contribution in [0.25, 0.3) is 11.1 Å². The van der Waals surface area contributed by atoms with Gasteiger partial charge in [0.1, 0.15) is 17.4 Å². The van der Waals surface area contributed by atoms with E-state index in [1.807, 2.05) is 68.6 Å². The quantitative estimate of drug-likeness (QED) is 0.0512. The molecule has 0 unspecified atom stereocenters. The van der Waals surface area contributed by atoms with Gasteiger partial charge in [-0.15, -0.1) is 0 Å². The van der Waals surface area contributed by atoms with Crippen molar-refractivity contribution in [1.29, 1.82) is 0 Å². The molecule has 0 aliphatic heterocycles. The van der Waals surface area contributed by atoms with Gasteiger partial charge in [-0.2, -0.15) is 0 Å². The van der Waals surface area contributed by atoms with E-state index in [-0.39, 0.29) is 37.9 Å². The van der Waals surface area contributed by atoms with Crippen LogP contribution in [-0.4, -0.2) is 63.7 Å². The second-order valence-electron chi connectivity index (χ2n) is 14.3. The average molecular weight is 719 g/mol. The molecule has 10 heteroatoms. The summed E-state index contributed by atoms with van der Waals surface area (Å²) in [5.41, 5.74) is 10.6. The van der Waals surface area contributed by atoms with Crippen molar-refractivity contribution in [3.8, 4) is 11.1 Å². The van der Waals surface area contributed by atoms with Gasteiger partial charge in [0.05, 0.1) is 13.2 Å². The molecule has 2 fully saturated rings. The van der Waals surface area contributed by atoms with E-state index in [1.54, 1.807) is 13.1 Å². The van der Waals surface area contributed by atoms with Crippen LogP contribution in [0.2, 0.25) is 0 Å². The molecule has 2 aliphatic rings. The molecule has 1 atom stereocenters. The number of amides is 1. The summed E-state index contributed by atoms with van der Waals surface area (Å²) in [4.78, 5) is 48.4. The van der Waals surface area contributed by atoms with Crippen molar-refractivity contribution in [2.45, 2.75) is 96.6 Å². The lowest BCUT2D eigenvalue weighted by Gasteiger charge is -2.17. The Bertz CT molecular complexity index is 1970. The summed E-state index contributed by atoms with van der Waals surface area (Å²) in [6, 6.07) is 14.8. The highest BCUT2D eigenvalue weighted by molar-refractivity contribution is 6.04. The lowest BCUT2D eigenvalue weighted by molar-refractivity contribution is -0.146. The van der Waals surface area contributed by atoms with Crippen LogP contribution in [0.3, 0.4) is 0 Å². The van der Waals surface area contributed by atoms with E-state index in [2.05, 4.69) is 20.6 Å². The Morgan fingerprint density at radius 2 is 1.47 bits per heavy atom. The van der Waals surface area contributed by atoms with E-state index in [0.717, 1.165) is 89.5 Å². The van der Waals surface area contributed by atoms with Crippen LogP contribution in [0.1, 0.15) is 117 Å². The van der Waals surface area contributed by atoms with Crippen molar-refractivity contribution in [3.63, 3.8) is 0 Å². The summed E-state index contributed by atoms with van der Waals surface area (Å²) in [5, 5.41) is 25.1. The van der Waals surface area contributed by atoms with E-state index in [1.165, 1.54) is 5.56 Å². The molecule has 1 amide bonds. The SMILES string of the molecule is CCOC(=O)[C@H](CO)NCc1cnc(C(=O)Cc2cccc(-c3cccc(NC(=O)c4cc(C5CC5)c(CCCCO)cn4)c3C)c2C)cc1C1CC1. The fraction of sp³-hybridized carbons (Fsp3) is 0.419. The van der Waals surface area contributed by atoms with Crippen LogP contribution in [0, 0.1) is 13.8 Å². The minimum Gasteiger partial charge on any atom is -0.465 e. The highest BCUT2D eigenvalue weighted by atomic mass is 16.5. The molecule has 4 aromatic rings. The molecular weight excluding hydrogens is 668 g/mol. The van der Waals surface area contributed by atoms with Crippen LogP contribution < -0.4 is 10.6 Å². The number of carbonyl (C=O) groups is 3. The topological polar surface area (TPSA) is 151 Å². The van der Waals surface area contributed by atoms with E-state index in [9.17, 15) is 24.6 Å². The number of rotatable bonds is 18. The zero-order chi connectivity index (χ0) is 37.5. The Hall–Kier alpha value is -4.77. The van der Waals surface area contributed by atoms with Gasteiger partial charge in [-0.25, -0.2) is 0 Å². The minimum absolute atomic E-state index is 0.0818. The molecule has 2 heterocycles. The van der Waals surface area contributed by atoms with Crippen LogP contribution in [0.5, 0.6) is 0 Å². The first-order valence-corrected chi connectivity index (χ1v) is 18.8. The predicted molar refractivity (Wildman–Crippen MR) is 204 cm³/mol. The van der Waals surface area contributed by atoms with Gasteiger partial charge in [-0.1, -0.05) is 30.3 Å². The number of aliphatic hydroxyl groups excluding tert-OH is 2. The normalized spacial score (nSPS) is 14.5. The van der Waals surface area contributed by atoms with Crippen LogP contribution in [0.15, 0.2) is 60.9 Å². The first kappa shape index (κ1) is 38.0. The highest BCUT2D eigenvalue weighted by Gasteiger charge is 2.29. The third-order valence-electron chi connectivity index (χ3n) is 10.4. The average Bonchev–Trinajstić information content (AvgIpc) is 4.09. The number of aromatic nitrogens is 2. The maximum atomic E-state index is 13.7. The molecular formula is C43H50N4O6. The zero-order valence-electron chi connectivity index (χ0n) is 30.9. The fourth-order valence-corrected chi connectivity index (χ4v) is 6.99. The molecule has 53 heavy (non-hydrogen) atoms. The molecule has 10 nitrogen and oxygen atoms in total. The standard InChI is InChI=1S/C43H50N4O6/c1-4-53-43(52)40(25-49)46-24-32-23-44-38(20-36(32)29-16-17-29)41(50)19-30-10-7-11-33(26(30)2)34-12-8-13-37(27(34)3)47-42(51)39-21-35(28-14-15-28)31(22-45-39)9-5-6-18-48/h7-8,10-13,20-23,28-29,40,46,48-49H,4-6,9,14-19,24-25H2,1-3H3,(H,47,51)/t40-/m0/s1. The summed E-state index contributed by atoms with van der Waals surface area (Å²) >= 11 is 0. The second kappa shape index (κ2) is 17.4. The first-order chi connectivity index (χ1) is 25.7. The predicted octanol–water partition coefficient (Wildman–Crippen LogP) is 6.52. The van der Waals surface area contributed by atoms with Gasteiger partial charge in [0.25, 0.3) is 5.91 Å². The Labute approximate surface area is 311 Å². The fourth-order valence-electron chi connectivity index (χ4n) is 6.99. The lowest BCUT2D eigenvalue weighted by atomic mass is 9.90. The number of unbranched alkanes of at least 4 members (excludes halogenated alkanes) is 1. The molecule has 0 spiro atoms. The number of benzene rings is 2. The van der Waals surface area contributed by atoms with Gasteiger partial charge >= 0.3 is 5.97 Å². The number of ether oxygens (including phenoxy) is 1. The first-order valence-electron chi connectivity index (χ1n) is 18.8. The summed E-state index contributed by atoms with van der Waals surface area (Å²) < 4.78 is 5.05. The lowest BCUT2D eigenvalue weighted by Crippen LogP contribution is -2.40. The number of nitrogens with zero attached hydrogens (tertiary/aromatic N) is 2. The number of pyridine rings is 2. The number of aliphatic hydroxyl groups is 2. The van der Waals surface area contributed by atoms with Crippen molar-refractivity contribution in [3.05, 3.63) is 111 Å². The Kier molecular flexibility index (Phi) is 12.4. The van der Waals surface area contributed by atoms with Crippen LogP contribution >= 0.6 is 0 Å². The summed E-state index contributed by atoms with van der Waals surface area (Å²) in [6.07, 6.45) is 10.5.